The van der Waals surface area contributed by atoms with Crippen LogP contribution >= 0.6 is 0 Å². The number of benzene rings is 1. The molecule has 0 aliphatic carbocycles. The van der Waals surface area contributed by atoms with Gasteiger partial charge in [0.05, 0.1) is 17.9 Å². The number of hydrogen-bond acceptors (Lipinski definition) is 5. The molecule has 0 saturated carbocycles. The van der Waals surface area contributed by atoms with Crippen LogP contribution in [-0.4, -0.2) is 60.0 Å². The van der Waals surface area contributed by atoms with Crippen LogP contribution in [0.1, 0.15) is 35.4 Å². The van der Waals surface area contributed by atoms with E-state index in [4.69, 9.17) is 0 Å². The number of rotatable bonds is 6. The van der Waals surface area contributed by atoms with Gasteiger partial charge in [0.2, 0.25) is 0 Å². The second-order valence-corrected chi connectivity index (χ2v) is 9.29. The van der Waals surface area contributed by atoms with Gasteiger partial charge in [-0.15, -0.1) is 0 Å². The van der Waals surface area contributed by atoms with Gasteiger partial charge >= 0.3 is 6.03 Å². The molecule has 0 atom stereocenters. The Bertz CT molecular complexity index is 1170. The minimum absolute atomic E-state index is 0.101. The van der Waals surface area contributed by atoms with Crippen molar-refractivity contribution in [1.29, 1.82) is 0 Å². The predicted molar refractivity (Wildman–Crippen MR) is 127 cm³/mol. The van der Waals surface area contributed by atoms with E-state index in [2.05, 4.69) is 21.2 Å². The lowest BCUT2D eigenvalue weighted by atomic mass is 9.85. The van der Waals surface area contributed by atoms with E-state index < -0.39 is 5.54 Å². The highest BCUT2D eigenvalue weighted by atomic mass is 16.2. The maximum atomic E-state index is 13.8. The molecule has 4 heterocycles. The second-order valence-electron chi connectivity index (χ2n) is 9.29. The molecule has 3 aromatic rings. The summed E-state index contributed by atoms with van der Waals surface area (Å²) in [6.07, 6.45) is 4.97. The summed E-state index contributed by atoms with van der Waals surface area (Å²) in [5.41, 5.74) is 3.15. The van der Waals surface area contributed by atoms with Gasteiger partial charge in [-0.05, 0) is 37.5 Å². The van der Waals surface area contributed by atoms with E-state index >= 15 is 0 Å². The SMILES string of the molecule is Cc1nn(C)cc1CN1CCC2(CC1)C(=O)N(Cc1ccccn1)C(=O)N2Cc1ccccc1. The lowest BCUT2D eigenvalue weighted by Gasteiger charge is -2.42. The number of piperidine rings is 1. The van der Waals surface area contributed by atoms with Crippen LogP contribution in [0, 0.1) is 6.92 Å². The molecule has 0 unspecified atom stereocenters. The molecular weight excluding hydrogens is 428 g/mol. The maximum absolute atomic E-state index is 13.8. The van der Waals surface area contributed by atoms with Crippen molar-refractivity contribution in [2.24, 2.45) is 7.05 Å². The molecule has 5 rings (SSSR count). The summed E-state index contributed by atoms with van der Waals surface area (Å²) in [4.78, 5) is 37.3. The van der Waals surface area contributed by atoms with Gasteiger partial charge in [-0.25, -0.2) is 4.79 Å². The molecule has 0 N–H and O–H groups in total. The third-order valence-corrected chi connectivity index (χ3v) is 7.04. The number of aromatic nitrogens is 3. The highest BCUT2D eigenvalue weighted by molar-refractivity contribution is 6.07. The van der Waals surface area contributed by atoms with Crippen LogP contribution in [0.2, 0.25) is 0 Å². The Morgan fingerprint density at radius 1 is 0.941 bits per heavy atom. The van der Waals surface area contributed by atoms with Crippen molar-refractivity contribution in [3.63, 3.8) is 0 Å². The Morgan fingerprint density at radius 2 is 1.68 bits per heavy atom. The van der Waals surface area contributed by atoms with Crippen molar-refractivity contribution in [2.75, 3.05) is 13.1 Å². The van der Waals surface area contributed by atoms with Crippen molar-refractivity contribution < 1.29 is 9.59 Å². The van der Waals surface area contributed by atoms with Crippen molar-refractivity contribution in [3.8, 4) is 0 Å². The molecule has 8 heteroatoms. The average Bonchev–Trinajstić information content (AvgIpc) is 3.26. The minimum Gasteiger partial charge on any atom is -0.305 e. The second kappa shape index (κ2) is 9.02. The standard InChI is InChI=1S/C26H30N6O2/c1-20-22(17-29(2)28-20)18-30-14-11-26(12-15-30)24(33)31(19-23-10-6-7-13-27-23)25(34)32(26)16-21-8-4-3-5-9-21/h3-10,13,17H,11-12,14-16,18-19H2,1-2H3. The van der Waals surface area contributed by atoms with Gasteiger partial charge in [0, 0.05) is 51.2 Å². The van der Waals surface area contributed by atoms with E-state index in [0.717, 1.165) is 30.9 Å². The topological polar surface area (TPSA) is 74.6 Å². The summed E-state index contributed by atoms with van der Waals surface area (Å²) < 4.78 is 1.84. The van der Waals surface area contributed by atoms with Crippen molar-refractivity contribution >= 4 is 11.9 Å². The molecular formula is C26H30N6O2. The van der Waals surface area contributed by atoms with Crippen LogP contribution < -0.4 is 0 Å². The molecule has 176 valence electrons. The van der Waals surface area contributed by atoms with Crippen LogP contribution in [0.4, 0.5) is 4.79 Å². The smallest absolute Gasteiger partial charge is 0.305 e. The first-order chi connectivity index (χ1) is 16.5. The fourth-order valence-corrected chi connectivity index (χ4v) is 5.17. The Labute approximate surface area is 199 Å². The number of carbonyl (C=O) groups is 2. The van der Waals surface area contributed by atoms with E-state index in [0.29, 0.717) is 25.1 Å². The van der Waals surface area contributed by atoms with Gasteiger partial charge < -0.3 is 4.90 Å². The molecule has 1 spiro atoms. The van der Waals surface area contributed by atoms with E-state index in [1.165, 1.54) is 10.5 Å². The van der Waals surface area contributed by atoms with Crippen LogP contribution in [0.5, 0.6) is 0 Å². The van der Waals surface area contributed by atoms with Crippen molar-refractivity contribution in [3.05, 3.63) is 83.4 Å². The van der Waals surface area contributed by atoms with E-state index in [9.17, 15) is 9.59 Å². The maximum Gasteiger partial charge on any atom is 0.328 e. The molecule has 2 aliphatic heterocycles. The lowest BCUT2D eigenvalue weighted by molar-refractivity contribution is -0.136. The minimum atomic E-state index is -0.817. The number of pyridine rings is 1. The molecule has 3 amide bonds. The summed E-state index contributed by atoms with van der Waals surface area (Å²) in [5, 5.41) is 4.45. The number of likely N-dealkylation sites (tertiary alicyclic amines) is 1. The van der Waals surface area contributed by atoms with Crippen LogP contribution in [0.3, 0.4) is 0 Å². The number of aryl methyl sites for hydroxylation is 2. The number of nitrogens with zero attached hydrogens (tertiary/aromatic N) is 6. The highest BCUT2D eigenvalue weighted by Gasteiger charge is 2.57. The van der Waals surface area contributed by atoms with Crippen molar-refractivity contribution in [1.82, 2.24) is 29.5 Å². The molecule has 34 heavy (non-hydrogen) atoms. The number of carbonyl (C=O) groups excluding carboxylic acids is 2. The first-order valence-corrected chi connectivity index (χ1v) is 11.8. The largest absolute Gasteiger partial charge is 0.328 e. The average molecular weight is 459 g/mol. The van der Waals surface area contributed by atoms with Gasteiger partial charge in [0.15, 0.2) is 0 Å². The zero-order valence-corrected chi connectivity index (χ0v) is 19.7. The molecule has 1 aromatic carbocycles. The monoisotopic (exact) mass is 458 g/mol. The Balaban J connectivity index is 1.39. The quantitative estimate of drug-likeness (QED) is 0.531. The number of hydrogen-bond donors (Lipinski definition) is 0. The van der Waals surface area contributed by atoms with Gasteiger partial charge in [0.1, 0.15) is 5.54 Å². The summed E-state index contributed by atoms with van der Waals surface area (Å²) in [6, 6.07) is 15.2. The van der Waals surface area contributed by atoms with Crippen LogP contribution in [0.25, 0.3) is 0 Å². The van der Waals surface area contributed by atoms with Gasteiger partial charge in [0.25, 0.3) is 5.91 Å². The van der Waals surface area contributed by atoms with Gasteiger partial charge in [-0.3, -0.25) is 24.3 Å². The van der Waals surface area contributed by atoms with E-state index in [1.807, 2.05) is 67.2 Å². The number of urea groups is 1. The molecule has 2 saturated heterocycles. The predicted octanol–water partition coefficient (Wildman–Crippen LogP) is 3.12. The van der Waals surface area contributed by atoms with Crippen LogP contribution in [0.15, 0.2) is 60.9 Å². The van der Waals surface area contributed by atoms with Gasteiger partial charge in [-0.1, -0.05) is 36.4 Å². The molecule has 2 aromatic heterocycles. The van der Waals surface area contributed by atoms with E-state index in [1.54, 1.807) is 11.1 Å². The Morgan fingerprint density at radius 3 is 2.32 bits per heavy atom. The Kier molecular flexibility index (Phi) is 5.91. The molecule has 8 nitrogen and oxygen atoms in total. The number of amides is 3. The van der Waals surface area contributed by atoms with E-state index in [-0.39, 0.29) is 18.5 Å². The summed E-state index contributed by atoms with van der Waals surface area (Å²) in [5.74, 6) is -0.101. The van der Waals surface area contributed by atoms with Crippen molar-refractivity contribution in [2.45, 2.75) is 44.9 Å². The Hall–Kier alpha value is -3.52. The number of imide groups is 1. The molecule has 0 bridgehead atoms. The molecule has 2 aliphatic rings. The summed E-state index contributed by atoms with van der Waals surface area (Å²) in [6.45, 7) is 4.94. The lowest BCUT2D eigenvalue weighted by Crippen LogP contribution is -2.56. The third kappa shape index (κ3) is 4.09. The first-order valence-electron chi connectivity index (χ1n) is 11.8. The summed E-state index contributed by atoms with van der Waals surface area (Å²) in [7, 11) is 1.93. The normalized spacial score (nSPS) is 18.3. The molecule has 2 fully saturated rings. The van der Waals surface area contributed by atoms with Gasteiger partial charge in [-0.2, -0.15) is 5.10 Å². The fourth-order valence-electron chi connectivity index (χ4n) is 5.17. The fraction of sp³-hybridized carbons (Fsp3) is 0.385. The zero-order chi connectivity index (χ0) is 23.7. The highest BCUT2D eigenvalue weighted by Crippen LogP contribution is 2.39. The summed E-state index contributed by atoms with van der Waals surface area (Å²) >= 11 is 0. The zero-order valence-electron chi connectivity index (χ0n) is 19.7. The third-order valence-electron chi connectivity index (χ3n) is 7.04. The first kappa shape index (κ1) is 22.3. The molecule has 0 radical (unpaired) electrons. The van der Waals surface area contributed by atoms with Crippen LogP contribution in [-0.2, 0) is 31.5 Å².